The molecule has 0 amide bonds. The molecule has 0 atom stereocenters. The number of sulfonamides is 2. The van der Waals surface area contributed by atoms with Crippen molar-refractivity contribution in [2.24, 2.45) is 22.0 Å². The summed E-state index contributed by atoms with van der Waals surface area (Å²) in [6, 6.07) is 12.6. The van der Waals surface area contributed by atoms with E-state index in [0.29, 0.717) is 0 Å². The van der Waals surface area contributed by atoms with Gasteiger partial charge in [-0.25, -0.2) is 38.8 Å². The van der Waals surface area contributed by atoms with Gasteiger partial charge in [0.25, 0.3) is 0 Å². The predicted molar refractivity (Wildman–Crippen MR) is 203 cm³/mol. The Morgan fingerprint density at radius 3 is 0.811 bits per heavy atom. The van der Waals surface area contributed by atoms with E-state index in [1.54, 1.807) is 10.0 Å². The van der Waals surface area contributed by atoms with Gasteiger partial charge in [-0.15, -0.1) is 0 Å². The van der Waals surface area contributed by atoms with Gasteiger partial charge < -0.3 is 21.0 Å². The highest BCUT2D eigenvalue weighted by atomic mass is 32.3. The van der Waals surface area contributed by atoms with Crippen LogP contribution in [0.5, 0.6) is 0 Å². The number of benzene rings is 2. The molecule has 0 bridgehead atoms. The summed E-state index contributed by atoms with van der Waals surface area (Å²) in [5, 5.41) is 12.2. The molecule has 0 saturated heterocycles. The van der Waals surface area contributed by atoms with Gasteiger partial charge in [-0.3, -0.25) is 27.3 Å². The first-order chi connectivity index (χ1) is 22.4. The van der Waals surface area contributed by atoms with Gasteiger partial charge in [0.1, 0.15) is 0 Å². The van der Waals surface area contributed by atoms with Crippen molar-refractivity contribution >= 4 is 62.6 Å². The summed E-state index contributed by atoms with van der Waals surface area (Å²) in [5.74, 6) is 11.7. The van der Waals surface area contributed by atoms with Crippen LogP contribution in [-0.4, -0.2) is 106 Å². The summed E-state index contributed by atoms with van der Waals surface area (Å²) in [7, 11) is -20.3. The molecule has 320 valence electrons. The molecule has 0 aliphatic heterocycles. The largest absolute Gasteiger partial charge is 0.412 e. The minimum atomic E-state index is -4.67. The van der Waals surface area contributed by atoms with Crippen molar-refractivity contribution in [3.8, 4) is 0 Å². The Hall–Kier alpha value is -2.69. The Balaban J connectivity index is -0.0000000981. The molecule has 0 aliphatic rings. The van der Waals surface area contributed by atoms with E-state index in [9.17, 15) is 16.8 Å². The molecule has 0 saturated carbocycles. The van der Waals surface area contributed by atoms with Gasteiger partial charge >= 0.3 is 31.2 Å². The molecule has 24 nitrogen and oxygen atoms in total. The maximum absolute atomic E-state index is 9.41. The SMILES string of the molecule is CCc1cccc(N(N)CC)c1C.CCc1cccc(N(N)CC)c1C.CS(N)(=O)=O.CS(N)(=O)=O.O.O.O=S(=O)(O)O.O=S(=O)(O)O.O=S(=O)(O)O. The Labute approximate surface area is 312 Å². The fourth-order valence-electron chi connectivity index (χ4n) is 3.07. The highest BCUT2D eigenvalue weighted by Gasteiger charge is 2.06. The fourth-order valence-corrected chi connectivity index (χ4v) is 3.07. The van der Waals surface area contributed by atoms with E-state index in [4.69, 9.17) is 64.3 Å². The van der Waals surface area contributed by atoms with Crippen LogP contribution in [0.1, 0.15) is 49.9 Å². The Morgan fingerprint density at radius 2 is 0.679 bits per heavy atom. The third-order valence-electron chi connectivity index (χ3n) is 4.90. The third-order valence-corrected chi connectivity index (χ3v) is 4.90. The molecule has 0 aliphatic carbocycles. The molecule has 29 heteroatoms. The second-order valence-electron chi connectivity index (χ2n) is 9.40. The van der Waals surface area contributed by atoms with Crippen LogP contribution in [0.2, 0.25) is 0 Å². The fraction of sp³-hybridized carbons (Fsp3) is 0.500. The summed E-state index contributed by atoms with van der Waals surface area (Å²) in [4.78, 5) is 0. The average molecular weight is 877 g/mol. The number of hydrogen-bond donors (Lipinski definition) is 10. The molecule has 53 heavy (non-hydrogen) atoms. The summed E-state index contributed by atoms with van der Waals surface area (Å²) < 4.78 is 132. The zero-order chi connectivity index (χ0) is 42.2. The first-order valence-electron chi connectivity index (χ1n) is 13.7. The van der Waals surface area contributed by atoms with Crippen LogP contribution < -0.4 is 32.0 Å². The lowest BCUT2D eigenvalue weighted by Gasteiger charge is -2.20. The van der Waals surface area contributed by atoms with Gasteiger partial charge in [-0.05, 0) is 74.9 Å². The van der Waals surface area contributed by atoms with Crippen LogP contribution >= 0.6 is 0 Å². The molecule has 0 spiro atoms. The Bertz CT molecular complexity index is 1550. The number of nitrogens with zero attached hydrogens (tertiary/aromatic N) is 2. The van der Waals surface area contributed by atoms with Crippen molar-refractivity contribution in [3.05, 3.63) is 58.7 Å². The average Bonchev–Trinajstić information content (AvgIpc) is 2.88. The smallest absolute Gasteiger partial charge is 0.394 e. The predicted octanol–water partition coefficient (Wildman–Crippen LogP) is -1.28. The standard InChI is InChI=1S/2C11H18N2.2CH5NO2S.3H2O4S.2H2O/c2*1-4-10-7-6-8-11(9(10)3)13(12)5-2;5*1-5(2,3)4;;/h2*6-8H,4-5,12H2,1-3H3;2*1H3,(H2,2,3,4);3*(H2,1,2,3,4);2*1H2. The van der Waals surface area contributed by atoms with Gasteiger partial charge in [-0.1, -0.05) is 38.1 Å². The molecule has 18 N–H and O–H groups in total. The molecule has 2 rings (SSSR count). The topological polar surface area (TPSA) is 466 Å². The van der Waals surface area contributed by atoms with Gasteiger partial charge in [0.05, 0.1) is 23.9 Å². The molecule has 0 aromatic heterocycles. The van der Waals surface area contributed by atoms with E-state index < -0.39 is 51.2 Å². The summed E-state index contributed by atoms with van der Waals surface area (Å²) >= 11 is 0. The van der Waals surface area contributed by atoms with Crippen LogP contribution in [0.3, 0.4) is 0 Å². The minimum Gasteiger partial charge on any atom is -0.412 e. The van der Waals surface area contributed by atoms with Gasteiger partial charge in [-0.2, -0.15) is 25.3 Å². The molecular formula is C24H56N6O18S5. The first-order valence-corrected chi connectivity index (χ1v) is 21.8. The number of nitrogens with two attached hydrogens (primary N) is 4. The number of aryl methyl sites for hydroxylation is 2. The van der Waals surface area contributed by atoms with Gasteiger partial charge in [0.15, 0.2) is 0 Å². The van der Waals surface area contributed by atoms with Gasteiger partial charge in [0, 0.05) is 13.1 Å². The third kappa shape index (κ3) is 64.7. The van der Waals surface area contributed by atoms with E-state index in [1.807, 2.05) is 0 Å². The quantitative estimate of drug-likeness (QED) is 0.0917. The lowest BCUT2D eigenvalue weighted by Crippen LogP contribution is -2.31. The van der Waals surface area contributed by atoms with Crippen molar-refractivity contribution in [1.82, 2.24) is 0 Å². The molecule has 0 unspecified atom stereocenters. The summed E-state index contributed by atoms with van der Waals surface area (Å²) in [6.45, 7) is 14.4. The summed E-state index contributed by atoms with van der Waals surface area (Å²) in [5.41, 5.74) is 7.63. The number of hydrogen-bond acceptors (Lipinski definition) is 14. The number of primary sulfonamides is 2. The maximum Gasteiger partial charge on any atom is 0.394 e. The van der Waals surface area contributed by atoms with Crippen LogP contribution in [-0.2, 0) is 64.1 Å². The van der Waals surface area contributed by atoms with Crippen molar-refractivity contribution in [2.75, 3.05) is 35.6 Å². The monoisotopic (exact) mass is 876 g/mol. The molecule has 0 fully saturated rings. The second kappa shape index (κ2) is 30.6. The number of anilines is 2. The van der Waals surface area contributed by atoms with Crippen molar-refractivity contribution < 1.29 is 80.4 Å². The molecule has 2 aromatic carbocycles. The normalized spacial score (nSPS) is 10.5. The molecule has 2 aromatic rings. The summed E-state index contributed by atoms with van der Waals surface area (Å²) in [6.07, 6.45) is 4.01. The van der Waals surface area contributed by atoms with Crippen LogP contribution in [0.4, 0.5) is 11.4 Å². The van der Waals surface area contributed by atoms with E-state index in [0.717, 1.165) is 49.8 Å². The van der Waals surface area contributed by atoms with Crippen molar-refractivity contribution in [1.29, 1.82) is 0 Å². The van der Waals surface area contributed by atoms with E-state index in [-0.39, 0.29) is 11.0 Å². The molecular weight excluding hydrogens is 821 g/mol. The maximum atomic E-state index is 9.41. The minimum absolute atomic E-state index is 0. The van der Waals surface area contributed by atoms with Crippen LogP contribution in [0.25, 0.3) is 0 Å². The highest BCUT2D eigenvalue weighted by molar-refractivity contribution is 7.88. The van der Waals surface area contributed by atoms with Crippen molar-refractivity contribution in [3.63, 3.8) is 0 Å². The lowest BCUT2D eigenvalue weighted by molar-refractivity contribution is 0.378. The van der Waals surface area contributed by atoms with E-state index >= 15 is 0 Å². The zero-order valence-electron chi connectivity index (χ0n) is 30.3. The zero-order valence-corrected chi connectivity index (χ0v) is 34.4. The molecule has 0 radical (unpaired) electrons. The van der Waals surface area contributed by atoms with E-state index in [1.165, 1.54) is 22.3 Å². The van der Waals surface area contributed by atoms with E-state index in [2.05, 4.69) is 88.2 Å². The number of rotatable bonds is 6. The number of hydrazine groups is 2. The second-order valence-corrected chi connectivity index (χ2v) is 15.4. The Kier molecular flexibility index (Phi) is 37.7. The lowest BCUT2D eigenvalue weighted by atomic mass is 10.0. The van der Waals surface area contributed by atoms with Crippen molar-refractivity contribution in [2.45, 2.75) is 54.4 Å². The highest BCUT2D eigenvalue weighted by Crippen LogP contribution is 2.22. The first kappa shape index (κ1) is 65.2. The Morgan fingerprint density at radius 1 is 0.509 bits per heavy atom. The van der Waals surface area contributed by atoms with Crippen LogP contribution in [0.15, 0.2) is 36.4 Å². The molecule has 0 heterocycles. The van der Waals surface area contributed by atoms with Gasteiger partial charge in [0.2, 0.25) is 20.0 Å². The van der Waals surface area contributed by atoms with Crippen LogP contribution in [0, 0.1) is 13.8 Å².